The van der Waals surface area contributed by atoms with Crippen LogP contribution in [0.5, 0.6) is 0 Å². The average molecular weight is 199 g/mol. The number of hydrogen-bond acceptors (Lipinski definition) is 5. The Hall–Kier alpha value is -1.10. The maximum Gasteiger partial charge on any atom is 0.353 e. The van der Waals surface area contributed by atoms with Crippen LogP contribution in [0.3, 0.4) is 0 Å². The van der Waals surface area contributed by atoms with Crippen LogP contribution in [0.15, 0.2) is 5.16 Å². The maximum absolute atomic E-state index is 11.6. The first-order valence-electron chi connectivity index (χ1n) is 4.59. The Kier molecular flexibility index (Phi) is 1.99. The van der Waals surface area contributed by atoms with Gasteiger partial charge in [0.2, 0.25) is 5.60 Å². The molecule has 5 heteroatoms. The van der Waals surface area contributed by atoms with E-state index in [0.717, 1.165) is 5.71 Å². The molecule has 1 N–H and O–H groups in total. The van der Waals surface area contributed by atoms with Crippen molar-refractivity contribution in [3.63, 3.8) is 0 Å². The van der Waals surface area contributed by atoms with E-state index in [2.05, 4.69) is 9.89 Å². The molecule has 2 aliphatic rings. The van der Waals surface area contributed by atoms with Gasteiger partial charge in [0.25, 0.3) is 0 Å². The van der Waals surface area contributed by atoms with Gasteiger partial charge in [-0.3, -0.25) is 0 Å². The van der Waals surface area contributed by atoms with Gasteiger partial charge < -0.3 is 14.7 Å². The first kappa shape index (κ1) is 9.45. The lowest BCUT2D eigenvalue weighted by atomic mass is 9.88. The number of carbonyl (C=O) groups is 1. The van der Waals surface area contributed by atoms with Crippen LogP contribution < -0.4 is 0 Å². The number of carbonyl (C=O) groups excluding carboxylic acids is 1. The van der Waals surface area contributed by atoms with E-state index in [-0.39, 0.29) is 12.3 Å². The minimum Gasteiger partial charge on any atom is -0.466 e. The summed E-state index contributed by atoms with van der Waals surface area (Å²) < 4.78 is 4.69. The van der Waals surface area contributed by atoms with Crippen LogP contribution in [-0.4, -0.2) is 35.6 Å². The molecule has 1 fully saturated rings. The van der Waals surface area contributed by atoms with Crippen molar-refractivity contribution in [1.29, 1.82) is 0 Å². The third kappa shape index (κ3) is 1.05. The molecule has 0 aromatic rings. The molecular weight excluding hydrogens is 186 g/mol. The van der Waals surface area contributed by atoms with Crippen molar-refractivity contribution in [2.24, 2.45) is 11.1 Å². The number of ether oxygens (including phenoxy) is 1. The summed E-state index contributed by atoms with van der Waals surface area (Å²) in [4.78, 5) is 16.7. The molecule has 1 aliphatic carbocycles. The predicted octanol–water partition coefficient (Wildman–Crippen LogP) is 0.0752. The Bertz CT molecular complexity index is 301. The zero-order chi connectivity index (χ0) is 10.3. The summed E-state index contributed by atoms with van der Waals surface area (Å²) >= 11 is 0. The Morgan fingerprint density at radius 3 is 3.14 bits per heavy atom. The Morgan fingerprint density at radius 1 is 1.79 bits per heavy atom. The van der Waals surface area contributed by atoms with E-state index in [9.17, 15) is 9.90 Å². The lowest BCUT2D eigenvalue weighted by Gasteiger charge is -2.22. The van der Waals surface area contributed by atoms with E-state index >= 15 is 0 Å². The van der Waals surface area contributed by atoms with E-state index in [1.54, 1.807) is 6.92 Å². The molecule has 5 nitrogen and oxygen atoms in total. The summed E-state index contributed by atoms with van der Waals surface area (Å²) in [5.41, 5.74) is -0.301. The highest BCUT2D eigenvalue weighted by molar-refractivity contribution is 5.95. The molecule has 14 heavy (non-hydrogen) atoms. The summed E-state index contributed by atoms with van der Waals surface area (Å²) in [5.74, 6) is -0.579. The van der Waals surface area contributed by atoms with E-state index < -0.39 is 17.7 Å². The minimum absolute atomic E-state index is 0.134. The van der Waals surface area contributed by atoms with Crippen LogP contribution in [0.4, 0.5) is 0 Å². The predicted molar refractivity (Wildman–Crippen MR) is 47.7 cm³/mol. The Balaban J connectivity index is 2.30. The molecule has 0 bridgehead atoms. The number of aliphatic hydroxyl groups is 1. The monoisotopic (exact) mass is 199 g/mol. The largest absolute Gasteiger partial charge is 0.466 e. The van der Waals surface area contributed by atoms with E-state index in [4.69, 9.17) is 4.84 Å². The number of methoxy groups -OCH3 is 1. The highest BCUT2D eigenvalue weighted by atomic mass is 16.7. The fraction of sp³-hybridized carbons (Fsp3) is 0.778. The van der Waals surface area contributed by atoms with Crippen molar-refractivity contribution in [2.45, 2.75) is 31.5 Å². The molecule has 1 saturated carbocycles. The van der Waals surface area contributed by atoms with Crippen LogP contribution >= 0.6 is 0 Å². The Labute approximate surface area is 81.7 Å². The molecule has 78 valence electrons. The van der Waals surface area contributed by atoms with E-state index in [1.165, 1.54) is 7.11 Å². The molecule has 0 saturated heterocycles. The molecule has 0 aromatic heterocycles. The number of rotatable bonds is 1. The van der Waals surface area contributed by atoms with Gasteiger partial charge in [0.05, 0.1) is 24.8 Å². The number of hydrogen-bond donors (Lipinski definition) is 1. The quantitative estimate of drug-likeness (QED) is 0.607. The molecule has 2 rings (SSSR count). The van der Waals surface area contributed by atoms with Gasteiger partial charge in [0, 0.05) is 6.42 Å². The van der Waals surface area contributed by atoms with E-state index in [1.807, 2.05) is 0 Å². The first-order valence-corrected chi connectivity index (χ1v) is 4.59. The van der Waals surface area contributed by atoms with E-state index in [0.29, 0.717) is 6.42 Å². The fourth-order valence-electron chi connectivity index (χ4n) is 2.30. The smallest absolute Gasteiger partial charge is 0.353 e. The van der Waals surface area contributed by atoms with Gasteiger partial charge in [-0.05, 0) is 13.3 Å². The van der Waals surface area contributed by atoms with Crippen molar-refractivity contribution in [1.82, 2.24) is 0 Å². The molecule has 0 aromatic carbocycles. The molecule has 0 amide bonds. The summed E-state index contributed by atoms with van der Waals surface area (Å²) in [7, 11) is 1.32. The number of nitrogens with zero attached hydrogens (tertiary/aromatic N) is 1. The van der Waals surface area contributed by atoms with Crippen LogP contribution in [0.25, 0.3) is 0 Å². The highest BCUT2D eigenvalue weighted by Crippen LogP contribution is 2.44. The van der Waals surface area contributed by atoms with Crippen molar-refractivity contribution >= 4 is 11.7 Å². The van der Waals surface area contributed by atoms with Gasteiger partial charge in [-0.2, -0.15) is 0 Å². The third-order valence-electron chi connectivity index (χ3n) is 3.00. The number of aliphatic hydroxyl groups excluding tert-OH is 1. The van der Waals surface area contributed by atoms with Gasteiger partial charge in [-0.25, -0.2) is 4.79 Å². The third-order valence-corrected chi connectivity index (χ3v) is 3.00. The second kappa shape index (κ2) is 2.95. The summed E-state index contributed by atoms with van der Waals surface area (Å²) in [6.45, 7) is 1.80. The molecular formula is C9H13NO4. The number of oxime groups is 1. The Morgan fingerprint density at radius 2 is 2.50 bits per heavy atom. The van der Waals surface area contributed by atoms with Gasteiger partial charge in [0.1, 0.15) is 0 Å². The summed E-state index contributed by atoms with van der Waals surface area (Å²) in [6, 6.07) is 0. The second-order valence-corrected chi connectivity index (χ2v) is 3.85. The lowest BCUT2D eigenvalue weighted by molar-refractivity contribution is -0.169. The number of esters is 1. The molecule has 1 heterocycles. The molecule has 0 radical (unpaired) electrons. The molecule has 3 unspecified atom stereocenters. The standard InChI is InChI=1S/C9H13NO4/c1-5-7-3-6(11)4-9(7,14-10-5)8(12)13-2/h6-7,11H,3-4H2,1-2H3. The summed E-state index contributed by atoms with van der Waals surface area (Å²) in [5, 5.41) is 13.3. The lowest BCUT2D eigenvalue weighted by Crippen LogP contribution is -2.43. The zero-order valence-corrected chi connectivity index (χ0v) is 8.19. The van der Waals surface area contributed by atoms with Crippen LogP contribution in [0.2, 0.25) is 0 Å². The SMILES string of the molecule is COC(=O)C12CC(O)CC1C(C)=NO2. The van der Waals surface area contributed by atoms with Gasteiger partial charge in [-0.15, -0.1) is 0 Å². The maximum atomic E-state index is 11.6. The molecule has 1 aliphatic heterocycles. The zero-order valence-electron chi connectivity index (χ0n) is 8.19. The van der Waals surface area contributed by atoms with Crippen molar-refractivity contribution in [2.75, 3.05) is 7.11 Å². The van der Waals surface area contributed by atoms with Gasteiger partial charge in [0.15, 0.2) is 0 Å². The first-order chi connectivity index (χ1) is 6.60. The normalized spacial score (nSPS) is 40.1. The second-order valence-electron chi connectivity index (χ2n) is 3.85. The van der Waals surface area contributed by atoms with Gasteiger partial charge in [-0.1, -0.05) is 5.16 Å². The average Bonchev–Trinajstić information content (AvgIpc) is 2.64. The minimum atomic E-state index is -1.06. The number of fused-ring (bicyclic) bond motifs is 1. The summed E-state index contributed by atoms with van der Waals surface area (Å²) in [6.07, 6.45) is 0.278. The van der Waals surface area contributed by atoms with Crippen molar-refractivity contribution in [3.05, 3.63) is 0 Å². The van der Waals surface area contributed by atoms with Crippen LogP contribution in [-0.2, 0) is 14.4 Å². The van der Waals surface area contributed by atoms with Crippen molar-refractivity contribution < 1.29 is 19.5 Å². The molecule has 3 atom stereocenters. The fourth-order valence-corrected chi connectivity index (χ4v) is 2.30. The highest BCUT2D eigenvalue weighted by Gasteiger charge is 2.60. The van der Waals surface area contributed by atoms with Crippen LogP contribution in [0, 0.1) is 5.92 Å². The topological polar surface area (TPSA) is 68.1 Å². The van der Waals surface area contributed by atoms with Crippen molar-refractivity contribution in [3.8, 4) is 0 Å². The molecule has 0 spiro atoms. The van der Waals surface area contributed by atoms with Gasteiger partial charge >= 0.3 is 5.97 Å². The van der Waals surface area contributed by atoms with Crippen LogP contribution in [0.1, 0.15) is 19.8 Å².